The molecule has 0 bridgehead atoms. The van der Waals surface area contributed by atoms with Gasteiger partial charge < -0.3 is 11.1 Å². The van der Waals surface area contributed by atoms with Crippen LogP contribution in [-0.2, 0) is 6.54 Å². The van der Waals surface area contributed by atoms with E-state index in [2.05, 4.69) is 20.5 Å². The number of hydrogen-bond acceptors (Lipinski definition) is 4. The van der Waals surface area contributed by atoms with E-state index >= 15 is 0 Å². The summed E-state index contributed by atoms with van der Waals surface area (Å²) in [5, 5.41) is 9.16. The second-order valence-corrected chi connectivity index (χ2v) is 3.49. The van der Waals surface area contributed by atoms with Crippen molar-refractivity contribution in [2.75, 3.05) is 11.1 Å². The highest BCUT2D eigenvalue weighted by Gasteiger charge is 2.04. The lowest BCUT2D eigenvalue weighted by molar-refractivity contribution is 0.612. The van der Waals surface area contributed by atoms with Crippen LogP contribution in [0.25, 0.3) is 0 Å². The first-order valence-corrected chi connectivity index (χ1v) is 4.82. The summed E-state index contributed by atoms with van der Waals surface area (Å²) in [6.45, 7) is 2.23. The first kappa shape index (κ1) is 10.4. The Morgan fingerprint density at radius 1 is 1.50 bits per heavy atom. The molecule has 1 aromatic heterocycles. The Bertz CT molecular complexity index is 494. The predicted octanol–water partition coefficient (Wildman–Crippen LogP) is 1.45. The standard InChI is InChI=1S/C10H12FN5/c1-6-2-3-8(11)7(4-6)5-13-10-14-9(12)15-16-10/h2-4H,5H2,1H3,(H4,12,13,14,15,16). The summed E-state index contributed by atoms with van der Waals surface area (Å²) in [5.41, 5.74) is 6.94. The maximum Gasteiger partial charge on any atom is 0.243 e. The van der Waals surface area contributed by atoms with Gasteiger partial charge in [-0.3, -0.25) is 0 Å². The van der Waals surface area contributed by atoms with Crippen LogP contribution in [0.5, 0.6) is 0 Å². The number of hydrogen-bond donors (Lipinski definition) is 3. The molecule has 0 saturated heterocycles. The van der Waals surface area contributed by atoms with Crippen LogP contribution in [0, 0.1) is 12.7 Å². The summed E-state index contributed by atoms with van der Waals surface area (Å²) in [5.74, 6) is 0.340. The monoisotopic (exact) mass is 221 g/mol. The van der Waals surface area contributed by atoms with Gasteiger partial charge in [-0.25, -0.2) is 9.49 Å². The normalized spacial score (nSPS) is 10.4. The quantitative estimate of drug-likeness (QED) is 0.732. The Kier molecular flexibility index (Phi) is 2.72. The zero-order valence-corrected chi connectivity index (χ0v) is 8.79. The topological polar surface area (TPSA) is 79.6 Å². The number of nitrogens with two attached hydrogens (primary N) is 1. The Morgan fingerprint density at radius 3 is 3.00 bits per heavy atom. The number of nitrogens with one attached hydrogen (secondary N) is 2. The van der Waals surface area contributed by atoms with Crippen LogP contribution < -0.4 is 11.1 Å². The molecule has 1 aromatic carbocycles. The first-order chi connectivity index (χ1) is 7.65. The molecule has 2 aromatic rings. The Hall–Kier alpha value is -2.11. The lowest BCUT2D eigenvalue weighted by Crippen LogP contribution is -2.03. The SMILES string of the molecule is Cc1ccc(F)c(CNc2n[nH]c(N)n2)c1. The third-order valence-electron chi connectivity index (χ3n) is 2.14. The minimum Gasteiger partial charge on any atom is -0.368 e. The van der Waals surface area contributed by atoms with Gasteiger partial charge in [0, 0.05) is 12.1 Å². The summed E-state index contributed by atoms with van der Waals surface area (Å²) in [7, 11) is 0. The highest BCUT2D eigenvalue weighted by molar-refractivity contribution is 5.33. The minimum atomic E-state index is -0.249. The van der Waals surface area contributed by atoms with Crippen molar-refractivity contribution in [3.05, 3.63) is 35.1 Å². The molecule has 0 aliphatic heterocycles. The second kappa shape index (κ2) is 4.18. The lowest BCUT2D eigenvalue weighted by atomic mass is 10.1. The molecule has 84 valence electrons. The number of H-pyrrole nitrogens is 1. The molecule has 0 spiro atoms. The van der Waals surface area contributed by atoms with E-state index in [-0.39, 0.29) is 11.8 Å². The molecule has 2 rings (SSSR count). The van der Waals surface area contributed by atoms with Gasteiger partial charge in [0.05, 0.1) is 0 Å². The largest absolute Gasteiger partial charge is 0.368 e. The molecule has 0 amide bonds. The minimum absolute atomic E-state index is 0.229. The molecular formula is C10H12FN5. The van der Waals surface area contributed by atoms with E-state index in [0.717, 1.165) is 5.56 Å². The fraction of sp³-hybridized carbons (Fsp3) is 0.200. The van der Waals surface area contributed by atoms with Gasteiger partial charge in [-0.2, -0.15) is 4.98 Å². The summed E-state index contributed by atoms with van der Waals surface area (Å²) in [6, 6.07) is 4.95. The van der Waals surface area contributed by atoms with Gasteiger partial charge in [-0.05, 0) is 13.0 Å². The van der Waals surface area contributed by atoms with Crippen molar-refractivity contribution in [1.82, 2.24) is 15.2 Å². The Balaban J connectivity index is 2.07. The summed E-state index contributed by atoms with van der Waals surface area (Å²) >= 11 is 0. The van der Waals surface area contributed by atoms with Crippen LogP contribution in [0.15, 0.2) is 18.2 Å². The van der Waals surface area contributed by atoms with Crippen molar-refractivity contribution in [3.63, 3.8) is 0 Å². The predicted molar refractivity (Wildman–Crippen MR) is 59.3 cm³/mol. The Labute approximate surface area is 91.9 Å². The average Bonchev–Trinajstić information content (AvgIpc) is 2.66. The molecule has 0 radical (unpaired) electrons. The molecule has 0 saturated carbocycles. The van der Waals surface area contributed by atoms with Crippen LogP contribution >= 0.6 is 0 Å². The highest BCUT2D eigenvalue weighted by Crippen LogP contribution is 2.11. The number of nitrogens with zero attached hydrogens (tertiary/aromatic N) is 2. The molecular weight excluding hydrogens is 209 g/mol. The van der Waals surface area contributed by atoms with Crippen molar-refractivity contribution in [2.24, 2.45) is 0 Å². The fourth-order valence-electron chi connectivity index (χ4n) is 1.37. The molecule has 4 N–H and O–H groups in total. The van der Waals surface area contributed by atoms with Crippen LogP contribution in [0.4, 0.5) is 16.3 Å². The third-order valence-corrected chi connectivity index (χ3v) is 2.14. The highest BCUT2D eigenvalue weighted by atomic mass is 19.1. The molecule has 6 heteroatoms. The molecule has 0 aliphatic carbocycles. The Morgan fingerprint density at radius 2 is 2.31 bits per heavy atom. The van der Waals surface area contributed by atoms with E-state index in [1.165, 1.54) is 6.07 Å². The molecule has 0 unspecified atom stereocenters. The van der Waals surface area contributed by atoms with E-state index in [1.54, 1.807) is 12.1 Å². The summed E-state index contributed by atoms with van der Waals surface area (Å²) in [6.07, 6.45) is 0. The molecule has 16 heavy (non-hydrogen) atoms. The van der Waals surface area contributed by atoms with Crippen molar-refractivity contribution in [2.45, 2.75) is 13.5 Å². The van der Waals surface area contributed by atoms with Crippen LogP contribution in [0.3, 0.4) is 0 Å². The van der Waals surface area contributed by atoms with Crippen molar-refractivity contribution < 1.29 is 4.39 Å². The zero-order chi connectivity index (χ0) is 11.5. The molecule has 0 aliphatic rings. The molecule has 5 nitrogen and oxygen atoms in total. The van der Waals surface area contributed by atoms with E-state index in [4.69, 9.17) is 5.73 Å². The van der Waals surface area contributed by atoms with Gasteiger partial charge in [-0.1, -0.05) is 17.7 Å². The zero-order valence-electron chi connectivity index (χ0n) is 8.79. The van der Waals surface area contributed by atoms with Gasteiger partial charge in [0.1, 0.15) is 5.82 Å². The third kappa shape index (κ3) is 2.28. The molecule has 1 heterocycles. The van der Waals surface area contributed by atoms with Gasteiger partial charge in [0.15, 0.2) is 0 Å². The van der Waals surface area contributed by atoms with Crippen molar-refractivity contribution in [1.29, 1.82) is 0 Å². The maximum absolute atomic E-state index is 13.4. The number of benzene rings is 1. The van der Waals surface area contributed by atoms with E-state index < -0.39 is 0 Å². The van der Waals surface area contributed by atoms with Gasteiger partial charge in [0.2, 0.25) is 11.9 Å². The number of rotatable bonds is 3. The van der Waals surface area contributed by atoms with Crippen LogP contribution in [0.2, 0.25) is 0 Å². The van der Waals surface area contributed by atoms with E-state index in [0.29, 0.717) is 18.1 Å². The number of nitrogen functional groups attached to an aromatic ring is 1. The smallest absolute Gasteiger partial charge is 0.243 e. The first-order valence-electron chi connectivity index (χ1n) is 4.82. The summed E-state index contributed by atoms with van der Waals surface area (Å²) < 4.78 is 13.4. The number of aromatic amines is 1. The van der Waals surface area contributed by atoms with E-state index in [1.807, 2.05) is 6.92 Å². The van der Waals surface area contributed by atoms with Crippen LogP contribution in [-0.4, -0.2) is 15.2 Å². The number of anilines is 2. The van der Waals surface area contributed by atoms with E-state index in [9.17, 15) is 4.39 Å². The fourth-order valence-corrected chi connectivity index (χ4v) is 1.37. The average molecular weight is 221 g/mol. The maximum atomic E-state index is 13.4. The lowest BCUT2D eigenvalue weighted by Gasteiger charge is -2.04. The van der Waals surface area contributed by atoms with Crippen molar-refractivity contribution in [3.8, 4) is 0 Å². The number of halogens is 1. The second-order valence-electron chi connectivity index (χ2n) is 3.49. The van der Waals surface area contributed by atoms with Gasteiger partial charge in [-0.15, -0.1) is 5.10 Å². The van der Waals surface area contributed by atoms with Crippen LogP contribution in [0.1, 0.15) is 11.1 Å². The summed E-state index contributed by atoms with van der Waals surface area (Å²) in [4.78, 5) is 3.86. The number of aromatic nitrogens is 3. The molecule has 0 atom stereocenters. The van der Waals surface area contributed by atoms with Gasteiger partial charge >= 0.3 is 0 Å². The van der Waals surface area contributed by atoms with Crippen molar-refractivity contribution >= 4 is 11.9 Å². The molecule has 0 fully saturated rings. The van der Waals surface area contributed by atoms with Gasteiger partial charge in [0.25, 0.3) is 0 Å². The number of aryl methyl sites for hydroxylation is 1.